The smallest absolute Gasteiger partial charge is 0.221 e. The first kappa shape index (κ1) is 15.4. The molecule has 0 aromatic rings. The highest BCUT2D eigenvalue weighted by atomic mass is 16.1. The summed E-state index contributed by atoms with van der Waals surface area (Å²) in [4.78, 5) is 11.6. The van der Waals surface area contributed by atoms with Crippen LogP contribution in [0, 0.1) is 5.92 Å². The zero-order chi connectivity index (χ0) is 12.6. The molecule has 3 nitrogen and oxygen atoms in total. The molecule has 16 heavy (non-hydrogen) atoms. The Kier molecular flexibility index (Phi) is 8.26. The van der Waals surface area contributed by atoms with Gasteiger partial charge in [0.2, 0.25) is 5.91 Å². The zero-order valence-electron chi connectivity index (χ0n) is 11.3. The number of hydrogen-bond acceptors (Lipinski definition) is 2. The first-order chi connectivity index (χ1) is 7.47. The molecule has 0 spiro atoms. The van der Waals surface area contributed by atoms with Crippen molar-refractivity contribution >= 4 is 5.91 Å². The molecular weight excluding hydrogens is 200 g/mol. The van der Waals surface area contributed by atoms with Gasteiger partial charge in [0.1, 0.15) is 0 Å². The predicted molar refractivity (Wildman–Crippen MR) is 69.2 cm³/mol. The summed E-state index contributed by atoms with van der Waals surface area (Å²) in [6.07, 6.45) is 5.16. The molecule has 0 saturated carbocycles. The lowest BCUT2D eigenvalue weighted by Gasteiger charge is -2.18. The van der Waals surface area contributed by atoms with Crippen LogP contribution in [0.15, 0.2) is 0 Å². The molecule has 0 heterocycles. The highest BCUT2D eigenvalue weighted by molar-refractivity contribution is 5.76. The number of unbranched alkanes of at least 4 members (excludes halogenated alkanes) is 2. The van der Waals surface area contributed by atoms with E-state index in [1.165, 1.54) is 19.3 Å². The third kappa shape index (κ3) is 7.69. The Labute approximate surface area is 100 Å². The van der Waals surface area contributed by atoms with Crippen molar-refractivity contribution in [2.75, 3.05) is 0 Å². The highest BCUT2D eigenvalue weighted by Gasteiger charge is 2.14. The van der Waals surface area contributed by atoms with Gasteiger partial charge in [-0.15, -0.1) is 0 Å². The highest BCUT2D eigenvalue weighted by Crippen LogP contribution is 2.05. The molecule has 0 aliphatic carbocycles. The number of nitrogens with one attached hydrogen (secondary N) is 1. The van der Waals surface area contributed by atoms with Gasteiger partial charge in [-0.25, -0.2) is 0 Å². The van der Waals surface area contributed by atoms with Crippen molar-refractivity contribution in [3.05, 3.63) is 0 Å². The number of hydrogen-bond donors (Lipinski definition) is 2. The fourth-order valence-electron chi connectivity index (χ4n) is 1.56. The van der Waals surface area contributed by atoms with Crippen molar-refractivity contribution < 1.29 is 4.79 Å². The Morgan fingerprint density at radius 3 is 2.38 bits per heavy atom. The Morgan fingerprint density at radius 1 is 1.25 bits per heavy atom. The summed E-state index contributed by atoms with van der Waals surface area (Å²) in [5.74, 6) is 0.450. The third-order valence-electron chi connectivity index (χ3n) is 2.93. The van der Waals surface area contributed by atoms with Crippen molar-refractivity contribution in [2.24, 2.45) is 11.7 Å². The van der Waals surface area contributed by atoms with Crippen LogP contribution in [0.25, 0.3) is 0 Å². The Bertz CT molecular complexity index is 192. The van der Waals surface area contributed by atoms with Crippen molar-refractivity contribution in [3.63, 3.8) is 0 Å². The minimum Gasteiger partial charge on any atom is -0.354 e. The maximum absolute atomic E-state index is 11.6. The van der Waals surface area contributed by atoms with Crippen molar-refractivity contribution in [3.8, 4) is 0 Å². The summed E-state index contributed by atoms with van der Waals surface area (Å²) in [7, 11) is 0. The lowest BCUT2D eigenvalue weighted by Crippen LogP contribution is -2.38. The summed E-state index contributed by atoms with van der Waals surface area (Å²) in [5.41, 5.74) is 5.85. The Balaban J connectivity index is 3.69. The van der Waals surface area contributed by atoms with E-state index in [-0.39, 0.29) is 18.0 Å². The molecule has 3 N–H and O–H groups in total. The standard InChI is InChI=1S/C13H28N2O/c1-5-6-7-8-11(4)15-13(16)9-12(14)10(2)3/h10-12H,5-9,14H2,1-4H3,(H,15,16). The van der Waals surface area contributed by atoms with Gasteiger partial charge in [-0.2, -0.15) is 0 Å². The first-order valence-electron chi connectivity index (χ1n) is 6.52. The fourth-order valence-corrected chi connectivity index (χ4v) is 1.56. The molecular formula is C13H28N2O. The van der Waals surface area contributed by atoms with Gasteiger partial charge in [-0.05, 0) is 19.3 Å². The molecule has 1 amide bonds. The van der Waals surface area contributed by atoms with Crippen molar-refractivity contribution in [1.29, 1.82) is 0 Å². The van der Waals surface area contributed by atoms with Crippen LogP contribution in [0.5, 0.6) is 0 Å². The lowest BCUT2D eigenvalue weighted by molar-refractivity contribution is -0.122. The topological polar surface area (TPSA) is 55.1 Å². The molecule has 0 aliphatic heterocycles. The number of amides is 1. The van der Waals surface area contributed by atoms with Crippen LogP contribution < -0.4 is 11.1 Å². The number of carbonyl (C=O) groups is 1. The molecule has 96 valence electrons. The quantitative estimate of drug-likeness (QED) is 0.627. The molecule has 0 fully saturated rings. The van der Waals surface area contributed by atoms with Gasteiger partial charge in [0.15, 0.2) is 0 Å². The molecule has 0 aromatic carbocycles. The van der Waals surface area contributed by atoms with Gasteiger partial charge in [0.25, 0.3) is 0 Å². The number of carbonyl (C=O) groups excluding carboxylic acids is 1. The first-order valence-corrected chi connectivity index (χ1v) is 6.52. The second-order valence-corrected chi connectivity index (χ2v) is 5.08. The molecule has 2 atom stereocenters. The summed E-state index contributed by atoms with van der Waals surface area (Å²) >= 11 is 0. The molecule has 3 heteroatoms. The van der Waals surface area contributed by atoms with Gasteiger partial charge in [-0.3, -0.25) is 4.79 Å². The number of nitrogens with two attached hydrogens (primary N) is 1. The van der Waals surface area contributed by atoms with Crippen LogP contribution in [0.4, 0.5) is 0 Å². The second kappa shape index (κ2) is 8.57. The van der Waals surface area contributed by atoms with E-state index in [1.807, 2.05) is 13.8 Å². The van der Waals surface area contributed by atoms with E-state index in [1.54, 1.807) is 0 Å². The van der Waals surface area contributed by atoms with Crippen LogP contribution in [0.2, 0.25) is 0 Å². The molecule has 0 rings (SSSR count). The third-order valence-corrected chi connectivity index (χ3v) is 2.93. The van der Waals surface area contributed by atoms with E-state index in [2.05, 4.69) is 19.2 Å². The molecule has 0 aromatic heterocycles. The number of rotatable bonds is 8. The summed E-state index contributed by atoms with van der Waals surface area (Å²) in [5, 5.41) is 3.01. The molecule has 0 saturated heterocycles. The van der Waals surface area contributed by atoms with E-state index in [0.717, 1.165) is 6.42 Å². The molecule has 2 unspecified atom stereocenters. The summed E-state index contributed by atoms with van der Waals surface area (Å²) in [6.45, 7) is 8.34. The van der Waals surface area contributed by atoms with E-state index >= 15 is 0 Å². The lowest BCUT2D eigenvalue weighted by atomic mass is 10.0. The summed E-state index contributed by atoms with van der Waals surface area (Å²) in [6, 6.07) is 0.251. The maximum Gasteiger partial charge on any atom is 0.221 e. The fraction of sp³-hybridized carbons (Fsp3) is 0.923. The van der Waals surface area contributed by atoms with E-state index < -0.39 is 0 Å². The van der Waals surface area contributed by atoms with E-state index in [4.69, 9.17) is 5.73 Å². The van der Waals surface area contributed by atoms with Gasteiger partial charge in [-0.1, -0.05) is 40.0 Å². The van der Waals surface area contributed by atoms with Gasteiger partial charge >= 0.3 is 0 Å². The molecule has 0 radical (unpaired) electrons. The summed E-state index contributed by atoms with van der Waals surface area (Å²) < 4.78 is 0. The van der Waals surface area contributed by atoms with Crippen molar-refractivity contribution in [2.45, 2.75) is 71.9 Å². The minimum absolute atomic E-state index is 0.0251. The van der Waals surface area contributed by atoms with Crippen LogP contribution in [0.3, 0.4) is 0 Å². The van der Waals surface area contributed by atoms with Crippen LogP contribution >= 0.6 is 0 Å². The van der Waals surface area contributed by atoms with Gasteiger partial charge in [0.05, 0.1) is 0 Å². The van der Waals surface area contributed by atoms with Gasteiger partial charge < -0.3 is 11.1 Å². The maximum atomic E-state index is 11.6. The SMILES string of the molecule is CCCCCC(C)NC(=O)CC(N)C(C)C. The Hall–Kier alpha value is -0.570. The normalized spacial score (nSPS) is 14.9. The van der Waals surface area contributed by atoms with Gasteiger partial charge in [0, 0.05) is 18.5 Å². The van der Waals surface area contributed by atoms with Crippen LogP contribution in [0.1, 0.15) is 59.8 Å². The zero-order valence-corrected chi connectivity index (χ0v) is 11.3. The van der Waals surface area contributed by atoms with E-state index in [9.17, 15) is 4.79 Å². The average molecular weight is 228 g/mol. The van der Waals surface area contributed by atoms with E-state index in [0.29, 0.717) is 12.3 Å². The predicted octanol–water partition coefficient (Wildman–Crippen LogP) is 2.44. The minimum atomic E-state index is -0.0251. The second-order valence-electron chi connectivity index (χ2n) is 5.08. The van der Waals surface area contributed by atoms with Crippen molar-refractivity contribution in [1.82, 2.24) is 5.32 Å². The molecule has 0 aliphatic rings. The average Bonchev–Trinajstić information content (AvgIpc) is 2.17. The Morgan fingerprint density at radius 2 is 1.88 bits per heavy atom. The largest absolute Gasteiger partial charge is 0.354 e. The molecule has 0 bridgehead atoms. The van der Waals surface area contributed by atoms with Crippen LogP contribution in [-0.4, -0.2) is 18.0 Å². The monoisotopic (exact) mass is 228 g/mol. The van der Waals surface area contributed by atoms with Crippen LogP contribution in [-0.2, 0) is 4.79 Å².